The molecule has 1 amide bonds. The number of rotatable bonds is 6. The Bertz CT molecular complexity index is 449. The van der Waals surface area contributed by atoms with Crippen molar-refractivity contribution in [2.75, 3.05) is 6.54 Å². The predicted octanol–water partition coefficient (Wildman–Crippen LogP) is 2.16. The van der Waals surface area contributed by atoms with Gasteiger partial charge in [-0.2, -0.15) is 0 Å². The van der Waals surface area contributed by atoms with Gasteiger partial charge in [0.15, 0.2) is 0 Å². The van der Waals surface area contributed by atoms with Crippen LogP contribution in [-0.4, -0.2) is 28.1 Å². The average Bonchev–Trinajstić information content (AvgIpc) is 2.76. The maximum Gasteiger partial charge on any atom is 0.308 e. The number of amides is 1. The monoisotopic (exact) mass is 266 g/mol. The molecule has 1 aromatic rings. The van der Waals surface area contributed by atoms with Crippen molar-refractivity contribution in [3.8, 4) is 0 Å². The molecule has 0 aromatic carbocycles. The molecule has 0 aliphatic heterocycles. The molecule has 5 nitrogen and oxygen atoms in total. The molecule has 106 valence electrons. The van der Waals surface area contributed by atoms with Crippen molar-refractivity contribution in [3.05, 3.63) is 24.0 Å². The molecule has 1 aromatic heterocycles. The zero-order chi connectivity index (χ0) is 14.6. The van der Waals surface area contributed by atoms with E-state index in [4.69, 9.17) is 5.11 Å². The van der Waals surface area contributed by atoms with Gasteiger partial charge in [0.2, 0.25) is 0 Å². The number of nitrogens with one attached hydrogen (secondary N) is 1. The summed E-state index contributed by atoms with van der Waals surface area (Å²) >= 11 is 0. The molecule has 19 heavy (non-hydrogen) atoms. The van der Waals surface area contributed by atoms with Gasteiger partial charge in [0.05, 0.1) is 5.92 Å². The second kappa shape index (κ2) is 6.41. The first-order valence-electron chi connectivity index (χ1n) is 6.52. The number of carboxylic acid groups (broad SMARTS) is 1. The highest BCUT2D eigenvalue weighted by Gasteiger charge is 2.23. The van der Waals surface area contributed by atoms with Gasteiger partial charge in [0, 0.05) is 18.8 Å². The van der Waals surface area contributed by atoms with E-state index in [0.717, 1.165) is 0 Å². The summed E-state index contributed by atoms with van der Waals surface area (Å²) in [6.07, 6.45) is 1.84. The Kier molecular flexibility index (Phi) is 5.15. The summed E-state index contributed by atoms with van der Waals surface area (Å²) in [5, 5.41) is 11.8. The minimum Gasteiger partial charge on any atom is -0.481 e. The van der Waals surface area contributed by atoms with E-state index in [-0.39, 0.29) is 24.4 Å². The highest BCUT2D eigenvalue weighted by molar-refractivity contribution is 5.93. The van der Waals surface area contributed by atoms with Crippen LogP contribution in [0.2, 0.25) is 0 Å². The maximum absolute atomic E-state index is 12.1. The second-order valence-corrected chi connectivity index (χ2v) is 5.29. The van der Waals surface area contributed by atoms with E-state index in [2.05, 4.69) is 5.32 Å². The van der Waals surface area contributed by atoms with Crippen LogP contribution >= 0.6 is 0 Å². The van der Waals surface area contributed by atoms with Crippen LogP contribution in [0.3, 0.4) is 0 Å². The van der Waals surface area contributed by atoms with Crippen LogP contribution in [0.4, 0.5) is 0 Å². The molecule has 1 rings (SSSR count). The number of carboxylic acids is 1. The van der Waals surface area contributed by atoms with E-state index in [1.165, 1.54) is 0 Å². The topological polar surface area (TPSA) is 71.3 Å². The van der Waals surface area contributed by atoms with Crippen LogP contribution in [0.25, 0.3) is 0 Å². The van der Waals surface area contributed by atoms with Crippen LogP contribution in [-0.2, 0) is 4.79 Å². The van der Waals surface area contributed by atoms with E-state index < -0.39 is 11.9 Å². The number of hydrogen-bond acceptors (Lipinski definition) is 2. The third kappa shape index (κ3) is 3.84. The van der Waals surface area contributed by atoms with Crippen LogP contribution in [0.1, 0.15) is 44.2 Å². The lowest BCUT2D eigenvalue weighted by atomic mass is 9.96. The Morgan fingerprint density at radius 3 is 2.42 bits per heavy atom. The molecule has 0 saturated carbocycles. The summed E-state index contributed by atoms with van der Waals surface area (Å²) in [6, 6.07) is 3.74. The van der Waals surface area contributed by atoms with Crippen molar-refractivity contribution in [2.24, 2.45) is 11.8 Å². The molecule has 1 unspecified atom stereocenters. The summed E-state index contributed by atoms with van der Waals surface area (Å²) in [6.45, 7) is 7.80. The molecule has 1 heterocycles. The lowest BCUT2D eigenvalue weighted by Gasteiger charge is -2.18. The molecule has 0 bridgehead atoms. The van der Waals surface area contributed by atoms with Gasteiger partial charge < -0.3 is 15.0 Å². The van der Waals surface area contributed by atoms with Crippen LogP contribution in [0.5, 0.6) is 0 Å². The first-order valence-corrected chi connectivity index (χ1v) is 6.52. The molecule has 0 aliphatic rings. The standard InChI is InChI=1S/C14H22N2O3/c1-9(2)11(14(18)19)8-15-13(17)12-6-5-7-16(12)10(3)4/h5-7,9-11H,8H2,1-4H3,(H,15,17)(H,18,19). The van der Waals surface area contributed by atoms with E-state index >= 15 is 0 Å². The Labute approximate surface area is 113 Å². The number of carbonyl (C=O) groups is 2. The molecule has 0 aliphatic carbocycles. The summed E-state index contributed by atoms with van der Waals surface area (Å²) < 4.78 is 1.86. The first-order chi connectivity index (χ1) is 8.84. The summed E-state index contributed by atoms with van der Waals surface area (Å²) in [5.74, 6) is -1.69. The molecule has 0 spiro atoms. The zero-order valence-corrected chi connectivity index (χ0v) is 11.9. The van der Waals surface area contributed by atoms with Crippen molar-refractivity contribution in [3.63, 3.8) is 0 Å². The van der Waals surface area contributed by atoms with E-state index in [0.29, 0.717) is 5.69 Å². The van der Waals surface area contributed by atoms with E-state index in [1.807, 2.05) is 44.5 Å². The fourth-order valence-corrected chi connectivity index (χ4v) is 1.94. The molecule has 0 radical (unpaired) electrons. The van der Waals surface area contributed by atoms with Crippen molar-refractivity contribution >= 4 is 11.9 Å². The number of aliphatic carboxylic acids is 1. The summed E-state index contributed by atoms with van der Waals surface area (Å²) in [5.41, 5.74) is 0.558. The minimum absolute atomic E-state index is 0.0188. The third-order valence-corrected chi connectivity index (χ3v) is 3.17. The van der Waals surface area contributed by atoms with Gasteiger partial charge in [0.25, 0.3) is 5.91 Å². The predicted molar refractivity (Wildman–Crippen MR) is 73.1 cm³/mol. The average molecular weight is 266 g/mol. The fraction of sp³-hybridized carbons (Fsp3) is 0.571. The van der Waals surface area contributed by atoms with E-state index in [1.54, 1.807) is 6.07 Å². The first kappa shape index (κ1) is 15.3. The van der Waals surface area contributed by atoms with Crippen molar-refractivity contribution in [1.29, 1.82) is 0 Å². The van der Waals surface area contributed by atoms with Gasteiger partial charge in [-0.1, -0.05) is 13.8 Å². The van der Waals surface area contributed by atoms with Gasteiger partial charge in [-0.15, -0.1) is 0 Å². The quantitative estimate of drug-likeness (QED) is 0.828. The lowest BCUT2D eigenvalue weighted by molar-refractivity contribution is -0.142. The Morgan fingerprint density at radius 1 is 1.32 bits per heavy atom. The molecule has 0 saturated heterocycles. The fourth-order valence-electron chi connectivity index (χ4n) is 1.94. The Balaban J connectivity index is 2.70. The maximum atomic E-state index is 12.1. The summed E-state index contributed by atoms with van der Waals surface area (Å²) in [7, 11) is 0. The molecular formula is C14H22N2O3. The Morgan fingerprint density at radius 2 is 1.95 bits per heavy atom. The van der Waals surface area contributed by atoms with Gasteiger partial charge in [-0.25, -0.2) is 0 Å². The number of nitrogens with zero attached hydrogens (tertiary/aromatic N) is 1. The second-order valence-electron chi connectivity index (χ2n) is 5.29. The normalized spacial score (nSPS) is 12.7. The minimum atomic E-state index is -0.880. The lowest BCUT2D eigenvalue weighted by Crippen LogP contribution is -2.36. The molecule has 5 heteroatoms. The van der Waals surface area contributed by atoms with Crippen LogP contribution in [0, 0.1) is 11.8 Å². The highest BCUT2D eigenvalue weighted by Crippen LogP contribution is 2.12. The van der Waals surface area contributed by atoms with Gasteiger partial charge in [-0.3, -0.25) is 9.59 Å². The molecule has 2 N–H and O–H groups in total. The zero-order valence-electron chi connectivity index (χ0n) is 11.9. The SMILES string of the molecule is CC(C)C(CNC(=O)c1cccn1C(C)C)C(=O)O. The van der Waals surface area contributed by atoms with Crippen LogP contribution < -0.4 is 5.32 Å². The molecule has 0 fully saturated rings. The number of carbonyl (C=O) groups excluding carboxylic acids is 1. The van der Waals surface area contributed by atoms with Gasteiger partial charge in [0.1, 0.15) is 5.69 Å². The molecular weight excluding hydrogens is 244 g/mol. The Hall–Kier alpha value is -1.78. The van der Waals surface area contributed by atoms with Crippen molar-refractivity contribution in [1.82, 2.24) is 9.88 Å². The highest BCUT2D eigenvalue weighted by atomic mass is 16.4. The largest absolute Gasteiger partial charge is 0.481 e. The van der Waals surface area contributed by atoms with E-state index in [9.17, 15) is 9.59 Å². The van der Waals surface area contributed by atoms with Gasteiger partial charge >= 0.3 is 5.97 Å². The third-order valence-electron chi connectivity index (χ3n) is 3.17. The van der Waals surface area contributed by atoms with Crippen molar-refractivity contribution in [2.45, 2.75) is 33.7 Å². The number of aromatic nitrogens is 1. The molecule has 1 atom stereocenters. The van der Waals surface area contributed by atoms with Crippen molar-refractivity contribution < 1.29 is 14.7 Å². The number of hydrogen-bond donors (Lipinski definition) is 2. The van der Waals surface area contributed by atoms with Crippen LogP contribution in [0.15, 0.2) is 18.3 Å². The smallest absolute Gasteiger partial charge is 0.308 e. The summed E-state index contributed by atoms with van der Waals surface area (Å²) in [4.78, 5) is 23.1. The van der Waals surface area contributed by atoms with Gasteiger partial charge in [-0.05, 0) is 31.9 Å².